The molecule has 43 heavy (non-hydrogen) atoms. The first-order valence-corrected chi connectivity index (χ1v) is 13.7. The Kier molecular flexibility index (Phi) is 8.18. The highest BCUT2D eigenvalue weighted by molar-refractivity contribution is 6.21. The molecule has 0 fully saturated rings. The normalized spacial score (nSPS) is 11.3. The Morgan fingerprint density at radius 2 is 1.12 bits per heavy atom. The highest BCUT2D eigenvalue weighted by Crippen LogP contribution is 2.30. The monoisotopic (exact) mass is 569 g/mol. The van der Waals surface area contributed by atoms with E-state index in [1.807, 2.05) is 121 Å². The minimum Gasteiger partial charge on any atom is -0.487 e. The van der Waals surface area contributed by atoms with E-state index in [1.165, 1.54) is 0 Å². The molecule has 0 atom stereocenters. The van der Waals surface area contributed by atoms with Crippen molar-refractivity contribution in [3.05, 3.63) is 144 Å². The summed E-state index contributed by atoms with van der Waals surface area (Å²) in [7, 11) is 0. The van der Waals surface area contributed by atoms with Gasteiger partial charge in [0, 0.05) is 10.8 Å². The molecule has 8 nitrogen and oxygen atoms in total. The number of carbonyl (C=O) groups is 1. The predicted octanol–water partition coefficient (Wildman–Crippen LogP) is 7.12. The lowest BCUT2D eigenvalue weighted by Gasteiger charge is -2.17. The second-order valence-electron chi connectivity index (χ2n) is 9.76. The Morgan fingerprint density at radius 1 is 0.651 bits per heavy atom. The molecule has 8 heteroatoms. The number of nitrogens with zero attached hydrogens (tertiary/aromatic N) is 3. The smallest absolute Gasteiger partial charge is 0.350 e. The van der Waals surface area contributed by atoms with E-state index >= 15 is 0 Å². The van der Waals surface area contributed by atoms with Crippen molar-refractivity contribution in [2.75, 3.05) is 0 Å². The number of ether oxygens (including phenoxy) is 2. The third-order valence-corrected chi connectivity index (χ3v) is 6.78. The van der Waals surface area contributed by atoms with Crippen LogP contribution in [0.1, 0.15) is 28.6 Å². The molecule has 1 N–H and O–H groups in total. The van der Waals surface area contributed by atoms with Crippen LogP contribution in [0, 0.1) is 0 Å². The summed E-state index contributed by atoms with van der Waals surface area (Å²) in [5, 5.41) is 14.8. The molecule has 0 aliphatic heterocycles. The Labute approximate surface area is 247 Å². The predicted molar refractivity (Wildman–Crippen MR) is 164 cm³/mol. The summed E-state index contributed by atoms with van der Waals surface area (Å²) in [5.41, 5.74) is 5.03. The number of aliphatic carboxylic acids is 1. The molecule has 4 aromatic carbocycles. The van der Waals surface area contributed by atoms with Crippen molar-refractivity contribution in [2.45, 2.75) is 19.3 Å². The molecule has 2 aromatic heterocycles. The minimum absolute atomic E-state index is 0.323. The van der Waals surface area contributed by atoms with Gasteiger partial charge >= 0.3 is 5.97 Å². The molecule has 0 amide bonds. The molecule has 2 heterocycles. The van der Waals surface area contributed by atoms with E-state index in [0.29, 0.717) is 24.7 Å². The summed E-state index contributed by atoms with van der Waals surface area (Å²) < 4.78 is 11.9. The van der Waals surface area contributed by atoms with Crippen molar-refractivity contribution < 1.29 is 24.2 Å². The number of carboxylic acid groups (broad SMARTS) is 1. The van der Waals surface area contributed by atoms with Gasteiger partial charge in [-0.25, -0.2) is 14.8 Å². The zero-order valence-corrected chi connectivity index (χ0v) is 23.0. The van der Waals surface area contributed by atoms with Gasteiger partial charge in [-0.2, -0.15) is 0 Å². The van der Waals surface area contributed by atoms with Gasteiger partial charge in [0.05, 0.1) is 22.4 Å². The average Bonchev–Trinajstić information content (AvgIpc) is 3.05. The number of oxime groups is 1. The lowest BCUT2D eigenvalue weighted by molar-refractivity contribution is -0.129. The molecule has 0 bridgehead atoms. The van der Waals surface area contributed by atoms with E-state index in [2.05, 4.69) is 15.1 Å². The summed E-state index contributed by atoms with van der Waals surface area (Å²) >= 11 is 0. The van der Waals surface area contributed by atoms with Crippen molar-refractivity contribution in [1.82, 2.24) is 9.97 Å². The fourth-order valence-electron chi connectivity index (χ4n) is 4.62. The SMILES string of the molecule is O=C(O)/C=N/OC(c1ccc(OCc2ccc3ccccc3n2)cc1)c1ccc(OCc2ccc3ccccc3n2)cc1. The van der Waals surface area contributed by atoms with Gasteiger partial charge in [0.1, 0.15) is 24.7 Å². The Morgan fingerprint density at radius 3 is 1.58 bits per heavy atom. The molecule has 0 aliphatic rings. The Hall–Kier alpha value is -5.76. The van der Waals surface area contributed by atoms with Gasteiger partial charge in [0.2, 0.25) is 0 Å². The van der Waals surface area contributed by atoms with Crippen molar-refractivity contribution in [1.29, 1.82) is 0 Å². The summed E-state index contributed by atoms with van der Waals surface area (Å²) in [5.74, 6) is 0.130. The third-order valence-electron chi connectivity index (χ3n) is 6.78. The molecule has 6 aromatic rings. The quantitative estimate of drug-likeness (QED) is 0.131. The highest BCUT2D eigenvalue weighted by Gasteiger charge is 2.17. The van der Waals surface area contributed by atoms with Crippen molar-refractivity contribution >= 4 is 34.0 Å². The van der Waals surface area contributed by atoms with Gasteiger partial charge in [0.25, 0.3) is 0 Å². The molecule has 6 rings (SSSR count). The van der Waals surface area contributed by atoms with Crippen LogP contribution in [0.25, 0.3) is 21.8 Å². The topological polar surface area (TPSA) is 103 Å². The van der Waals surface area contributed by atoms with E-state index < -0.39 is 12.1 Å². The Bertz CT molecular complexity index is 1760. The molecule has 0 aliphatic carbocycles. The summed E-state index contributed by atoms with van der Waals surface area (Å²) in [4.78, 5) is 25.9. The van der Waals surface area contributed by atoms with Crippen LogP contribution < -0.4 is 9.47 Å². The second kappa shape index (κ2) is 12.8. The van der Waals surface area contributed by atoms with Gasteiger partial charge in [-0.05, 0) is 59.7 Å². The Balaban J connectivity index is 1.13. The van der Waals surface area contributed by atoms with E-state index in [-0.39, 0.29) is 0 Å². The number of aromatic nitrogens is 2. The molecular weight excluding hydrogens is 542 g/mol. The summed E-state index contributed by atoms with van der Waals surface area (Å²) in [6.45, 7) is 0.645. The van der Waals surface area contributed by atoms with E-state index in [1.54, 1.807) is 0 Å². The number of hydrogen-bond donors (Lipinski definition) is 1. The van der Waals surface area contributed by atoms with Crippen LogP contribution in [0.4, 0.5) is 0 Å². The zero-order chi connectivity index (χ0) is 29.4. The van der Waals surface area contributed by atoms with Crippen molar-refractivity contribution in [3.8, 4) is 11.5 Å². The van der Waals surface area contributed by atoms with E-state index in [9.17, 15) is 4.79 Å². The van der Waals surface area contributed by atoms with Gasteiger partial charge < -0.3 is 19.4 Å². The van der Waals surface area contributed by atoms with Crippen LogP contribution in [-0.2, 0) is 22.8 Å². The number of rotatable bonds is 11. The average molecular weight is 570 g/mol. The maximum Gasteiger partial charge on any atom is 0.350 e. The van der Waals surface area contributed by atoms with Crippen LogP contribution in [-0.4, -0.2) is 27.3 Å². The first-order chi connectivity index (χ1) is 21.1. The zero-order valence-electron chi connectivity index (χ0n) is 23.0. The number of hydrogen-bond acceptors (Lipinski definition) is 7. The maximum atomic E-state index is 11.0. The van der Waals surface area contributed by atoms with Crippen molar-refractivity contribution in [3.63, 3.8) is 0 Å². The maximum absolute atomic E-state index is 11.0. The lowest BCUT2D eigenvalue weighted by Crippen LogP contribution is -2.05. The number of fused-ring (bicyclic) bond motifs is 2. The fourth-order valence-corrected chi connectivity index (χ4v) is 4.62. The first-order valence-electron chi connectivity index (χ1n) is 13.7. The summed E-state index contributed by atoms with van der Waals surface area (Å²) in [6, 6.07) is 38.6. The lowest BCUT2D eigenvalue weighted by atomic mass is 10.0. The molecule has 0 saturated carbocycles. The van der Waals surface area contributed by atoms with E-state index in [4.69, 9.17) is 19.4 Å². The minimum atomic E-state index is -1.20. The number of pyridine rings is 2. The summed E-state index contributed by atoms with van der Waals surface area (Å²) in [6.07, 6.45) is 0.0674. The van der Waals surface area contributed by atoms with Gasteiger partial charge in [-0.3, -0.25) is 0 Å². The number of benzene rings is 4. The van der Waals surface area contributed by atoms with Gasteiger partial charge in [0.15, 0.2) is 12.3 Å². The molecule has 212 valence electrons. The standard InChI is InChI=1S/C35H27N3O5/c39-34(40)21-36-43-35(26-11-17-30(18-12-26)41-22-28-15-9-24-5-1-3-7-32(24)37-28)27-13-19-31(20-14-27)42-23-29-16-10-25-6-2-4-8-33(25)38-29/h1-21,35H,22-23H2,(H,39,40)/b36-21+. The van der Waals surface area contributed by atoms with Gasteiger partial charge in [-0.15, -0.1) is 0 Å². The molecular formula is C35H27N3O5. The van der Waals surface area contributed by atoms with Crippen LogP contribution in [0.2, 0.25) is 0 Å². The van der Waals surface area contributed by atoms with Crippen LogP contribution in [0.15, 0.2) is 126 Å². The molecule has 0 spiro atoms. The van der Waals surface area contributed by atoms with Crippen LogP contribution in [0.5, 0.6) is 11.5 Å². The van der Waals surface area contributed by atoms with Crippen molar-refractivity contribution in [2.24, 2.45) is 5.16 Å². The third kappa shape index (κ3) is 6.94. The van der Waals surface area contributed by atoms with Crippen LogP contribution >= 0.6 is 0 Å². The number of para-hydroxylation sites is 2. The molecule has 0 unspecified atom stereocenters. The van der Waals surface area contributed by atoms with E-state index in [0.717, 1.165) is 50.5 Å². The molecule has 0 radical (unpaired) electrons. The second-order valence-corrected chi connectivity index (χ2v) is 9.76. The highest BCUT2D eigenvalue weighted by atomic mass is 16.6. The largest absolute Gasteiger partial charge is 0.487 e. The molecule has 0 saturated heterocycles. The fraction of sp³-hybridized carbons (Fsp3) is 0.0857. The number of carboxylic acids is 1. The van der Waals surface area contributed by atoms with Gasteiger partial charge in [-0.1, -0.05) is 78.0 Å². The van der Waals surface area contributed by atoms with Crippen LogP contribution in [0.3, 0.4) is 0 Å². The first kappa shape index (κ1) is 27.4.